The van der Waals surface area contributed by atoms with Crippen LogP contribution < -0.4 is 10.6 Å². The van der Waals surface area contributed by atoms with Gasteiger partial charge < -0.3 is 20.4 Å². The Morgan fingerprint density at radius 2 is 1.74 bits per heavy atom. The molecule has 0 aliphatic carbocycles. The molecule has 2 aliphatic heterocycles. The Labute approximate surface area is 208 Å². The summed E-state index contributed by atoms with van der Waals surface area (Å²) in [4.78, 5) is 57.0. The molecule has 192 valence electrons. The lowest BCUT2D eigenvalue weighted by Crippen LogP contribution is -2.61. The molecule has 0 bridgehead atoms. The highest BCUT2D eigenvalue weighted by molar-refractivity contribution is 5.97. The first-order valence-electron chi connectivity index (χ1n) is 13.1. The lowest BCUT2D eigenvalue weighted by Gasteiger charge is -2.35. The van der Waals surface area contributed by atoms with Crippen molar-refractivity contribution in [3.05, 3.63) is 35.9 Å². The largest absolute Gasteiger partial charge is 0.342 e. The number of unbranched alkanes of at least 4 members (excludes halogenated alkanes) is 2. The fourth-order valence-electron chi connectivity index (χ4n) is 4.91. The monoisotopic (exact) mass is 484 g/mol. The van der Waals surface area contributed by atoms with Crippen LogP contribution in [-0.4, -0.2) is 71.2 Å². The SMILES string of the molecule is CCCCCN1CC(=O)N[C@@H](Cc2ccccc2)C(=O)N[C@@H](C(C)CC)C(=O)N2CCC[C@@H]2C1=O. The highest BCUT2D eigenvalue weighted by Gasteiger charge is 2.42. The maximum atomic E-state index is 13.7. The van der Waals surface area contributed by atoms with Gasteiger partial charge >= 0.3 is 0 Å². The number of carbonyl (C=O) groups is 4. The number of benzene rings is 1. The molecule has 2 N–H and O–H groups in total. The second-order valence-corrected chi connectivity index (χ2v) is 9.84. The van der Waals surface area contributed by atoms with Crippen molar-refractivity contribution in [1.29, 1.82) is 0 Å². The number of rotatable bonds is 8. The van der Waals surface area contributed by atoms with Gasteiger partial charge in [0.2, 0.25) is 23.6 Å². The molecule has 1 aromatic carbocycles. The van der Waals surface area contributed by atoms with Crippen LogP contribution in [0.1, 0.15) is 64.9 Å². The third-order valence-electron chi connectivity index (χ3n) is 7.21. The van der Waals surface area contributed by atoms with Crippen LogP contribution in [-0.2, 0) is 25.6 Å². The third kappa shape index (κ3) is 6.83. The van der Waals surface area contributed by atoms with Crippen LogP contribution in [0.4, 0.5) is 0 Å². The molecule has 3 rings (SSSR count). The van der Waals surface area contributed by atoms with Gasteiger partial charge in [-0.1, -0.05) is 70.4 Å². The van der Waals surface area contributed by atoms with Gasteiger partial charge in [0.25, 0.3) is 0 Å². The van der Waals surface area contributed by atoms with E-state index in [9.17, 15) is 19.2 Å². The first kappa shape index (κ1) is 26.7. The predicted molar refractivity (Wildman–Crippen MR) is 134 cm³/mol. The maximum Gasteiger partial charge on any atom is 0.246 e. The zero-order valence-electron chi connectivity index (χ0n) is 21.3. The van der Waals surface area contributed by atoms with Crippen LogP contribution in [0.15, 0.2) is 30.3 Å². The summed E-state index contributed by atoms with van der Waals surface area (Å²) in [5, 5.41) is 5.79. The van der Waals surface area contributed by atoms with Gasteiger partial charge in [-0.15, -0.1) is 0 Å². The van der Waals surface area contributed by atoms with Crippen molar-refractivity contribution < 1.29 is 19.2 Å². The van der Waals surface area contributed by atoms with Gasteiger partial charge in [0, 0.05) is 19.5 Å². The number of hydrogen-bond acceptors (Lipinski definition) is 4. The van der Waals surface area contributed by atoms with E-state index in [4.69, 9.17) is 0 Å². The summed E-state index contributed by atoms with van der Waals surface area (Å²) in [6.45, 7) is 6.83. The molecule has 8 heteroatoms. The van der Waals surface area contributed by atoms with E-state index in [1.165, 1.54) is 0 Å². The summed E-state index contributed by atoms with van der Waals surface area (Å²) in [5.74, 6) is -1.22. The summed E-state index contributed by atoms with van der Waals surface area (Å²) in [5.41, 5.74) is 0.905. The van der Waals surface area contributed by atoms with Crippen molar-refractivity contribution in [3.8, 4) is 0 Å². The summed E-state index contributed by atoms with van der Waals surface area (Å²) in [7, 11) is 0. The minimum atomic E-state index is -0.842. The Balaban J connectivity index is 1.95. The van der Waals surface area contributed by atoms with Crippen LogP contribution in [0.3, 0.4) is 0 Å². The van der Waals surface area contributed by atoms with Crippen molar-refractivity contribution in [2.75, 3.05) is 19.6 Å². The molecule has 1 aromatic rings. The van der Waals surface area contributed by atoms with Gasteiger partial charge in [-0.3, -0.25) is 19.2 Å². The Hall–Kier alpha value is -2.90. The first-order valence-corrected chi connectivity index (χ1v) is 13.1. The Morgan fingerprint density at radius 3 is 2.43 bits per heavy atom. The minimum absolute atomic E-state index is 0.112. The summed E-state index contributed by atoms with van der Waals surface area (Å²) in [6, 6.07) is 7.31. The van der Waals surface area contributed by atoms with E-state index in [-0.39, 0.29) is 36.1 Å². The number of hydrogen-bond donors (Lipinski definition) is 2. The van der Waals surface area contributed by atoms with Gasteiger partial charge in [-0.25, -0.2) is 0 Å². The number of amides is 4. The Kier molecular flexibility index (Phi) is 9.69. The lowest BCUT2D eigenvalue weighted by atomic mass is 9.96. The van der Waals surface area contributed by atoms with Crippen LogP contribution in [0.25, 0.3) is 0 Å². The Morgan fingerprint density at radius 1 is 1.00 bits per heavy atom. The van der Waals surface area contributed by atoms with E-state index in [0.717, 1.165) is 31.2 Å². The standard InChI is InChI=1S/C27H40N4O4/c1-4-6-10-15-30-18-23(32)28-21(17-20-12-8-7-9-13-20)25(33)29-24(19(3)5-2)27(35)31-16-11-14-22(31)26(30)34/h7-9,12-13,19,21-22,24H,4-6,10-11,14-18H2,1-3H3,(H,28,32)(H,29,33)/t19?,21-,22+,24-/m0/s1. The van der Waals surface area contributed by atoms with Gasteiger partial charge in [-0.05, 0) is 30.7 Å². The van der Waals surface area contributed by atoms with Gasteiger partial charge in [-0.2, -0.15) is 0 Å². The molecule has 35 heavy (non-hydrogen) atoms. The van der Waals surface area contributed by atoms with Gasteiger partial charge in [0.05, 0.1) is 6.54 Å². The van der Waals surface area contributed by atoms with Crippen molar-refractivity contribution in [2.45, 2.75) is 83.8 Å². The zero-order chi connectivity index (χ0) is 25.4. The van der Waals surface area contributed by atoms with Crippen LogP contribution >= 0.6 is 0 Å². The van der Waals surface area contributed by atoms with Crippen molar-refractivity contribution in [3.63, 3.8) is 0 Å². The fourth-order valence-corrected chi connectivity index (χ4v) is 4.91. The molecule has 2 heterocycles. The third-order valence-corrected chi connectivity index (χ3v) is 7.21. The predicted octanol–water partition coefficient (Wildman–Crippen LogP) is 2.27. The van der Waals surface area contributed by atoms with E-state index in [1.807, 2.05) is 44.2 Å². The fraction of sp³-hybridized carbons (Fsp3) is 0.630. The maximum absolute atomic E-state index is 13.7. The summed E-state index contributed by atoms with van der Waals surface area (Å²) >= 11 is 0. The number of carbonyl (C=O) groups excluding carboxylic acids is 4. The van der Waals surface area contributed by atoms with E-state index < -0.39 is 18.1 Å². The molecule has 0 radical (unpaired) electrons. The lowest BCUT2D eigenvalue weighted by molar-refractivity contribution is -0.148. The molecule has 1 unspecified atom stereocenters. The minimum Gasteiger partial charge on any atom is -0.342 e. The summed E-state index contributed by atoms with van der Waals surface area (Å²) < 4.78 is 0. The van der Waals surface area contributed by atoms with Crippen molar-refractivity contribution in [1.82, 2.24) is 20.4 Å². The zero-order valence-corrected chi connectivity index (χ0v) is 21.3. The first-order chi connectivity index (χ1) is 16.8. The van der Waals surface area contributed by atoms with Crippen LogP contribution in [0.2, 0.25) is 0 Å². The van der Waals surface area contributed by atoms with E-state index in [0.29, 0.717) is 32.4 Å². The second kappa shape index (κ2) is 12.7. The quantitative estimate of drug-likeness (QED) is 0.553. The van der Waals surface area contributed by atoms with Crippen LogP contribution in [0.5, 0.6) is 0 Å². The molecule has 0 aromatic heterocycles. The molecule has 8 nitrogen and oxygen atoms in total. The molecule has 2 aliphatic rings. The molecule has 2 fully saturated rings. The van der Waals surface area contributed by atoms with E-state index >= 15 is 0 Å². The molecule has 0 saturated carbocycles. The summed E-state index contributed by atoms with van der Waals surface area (Å²) in [6.07, 6.45) is 5.05. The number of fused-ring (bicyclic) bond motifs is 1. The number of nitrogens with one attached hydrogen (secondary N) is 2. The normalized spacial score (nSPS) is 24.8. The van der Waals surface area contributed by atoms with Crippen molar-refractivity contribution in [2.24, 2.45) is 5.92 Å². The van der Waals surface area contributed by atoms with Crippen molar-refractivity contribution >= 4 is 23.6 Å². The smallest absolute Gasteiger partial charge is 0.246 e. The average Bonchev–Trinajstić information content (AvgIpc) is 3.35. The van der Waals surface area contributed by atoms with E-state index in [1.54, 1.807) is 9.80 Å². The molecule has 4 atom stereocenters. The molecule has 2 saturated heterocycles. The molecular weight excluding hydrogens is 444 g/mol. The van der Waals surface area contributed by atoms with E-state index in [2.05, 4.69) is 17.6 Å². The average molecular weight is 485 g/mol. The molecule has 4 amide bonds. The highest BCUT2D eigenvalue weighted by atomic mass is 16.2. The van der Waals surface area contributed by atoms with Gasteiger partial charge in [0.1, 0.15) is 18.1 Å². The molecular formula is C27H40N4O4. The highest BCUT2D eigenvalue weighted by Crippen LogP contribution is 2.24. The second-order valence-electron chi connectivity index (χ2n) is 9.84. The molecule has 0 spiro atoms. The number of nitrogens with zero attached hydrogens (tertiary/aromatic N) is 2. The Bertz CT molecular complexity index is 890. The van der Waals surface area contributed by atoms with Crippen LogP contribution in [0, 0.1) is 5.92 Å². The topological polar surface area (TPSA) is 98.8 Å². The van der Waals surface area contributed by atoms with Gasteiger partial charge in [0.15, 0.2) is 0 Å².